The van der Waals surface area contributed by atoms with E-state index in [9.17, 15) is 4.39 Å². The molecule has 4 N–H and O–H groups in total. The Kier molecular flexibility index (Phi) is 4.57. The second-order valence-electron chi connectivity index (χ2n) is 4.18. The number of nitrogens with two attached hydrogens (primary N) is 1. The van der Waals surface area contributed by atoms with Gasteiger partial charge in [-0.05, 0) is 24.6 Å². The number of halogens is 2. The second-order valence-corrected chi connectivity index (χ2v) is 4.58. The summed E-state index contributed by atoms with van der Waals surface area (Å²) in [7, 11) is 0. The lowest BCUT2D eigenvalue weighted by Gasteiger charge is -2.09. The third-order valence-electron chi connectivity index (χ3n) is 2.49. The minimum Gasteiger partial charge on any atom is -0.370 e. The highest BCUT2D eigenvalue weighted by Gasteiger charge is 2.05. The van der Waals surface area contributed by atoms with Crippen LogP contribution in [0.4, 0.5) is 27.7 Å². The number of rotatable bonds is 5. The topological polar surface area (TPSA) is 75.9 Å². The van der Waals surface area contributed by atoms with Crippen molar-refractivity contribution in [1.29, 1.82) is 0 Å². The van der Waals surface area contributed by atoms with E-state index in [0.717, 1.165) is 13.0 Å². The lowest BCUT2D eigenvalue weighted by atomic mass is 10.3. The molecule has 20 heavy (non-hydrogen) atoms. The number of hydrogen-bond donors (Lipinski definition) is 3. The molecule has 0 amide bonds. The number of benzene rings is 1. The van der Waals surface area contributed by atoms with Crippen LogP contribution in [-0.2, 0) is 0 Å². The van der Waals surface area contributed by atoms with Crippen molar-refractivity contribution in [2.75, 3.05) is 22.9 Å². The van der Waals surface area contributed by atoms with Crippen molar-refractivity contribution in [3.05, 3.63) is 35.1 Å². The lowest BCUT2D eigenvalue weighted by Crippen LogP contribution is -2.06. The van der Waals surface area contributed by atoms with Gasteiger partial charge in [0, 0.05) is 18.3 Å². The van der Waals surface area contributed by atoms with Crippen molar-refractivity contribution < 1.29 is 4.39 Å². The molecule has 0 aliphatic heterocycles. The molecule has 0 bridgehead atoms. The fourth-order valence-electron chi connectivity index (χ4n) is 1.60. The van der Waals surface area contributed by atoms with E-state index in [2.05, 4.69) is 20.6 Å². The first-order chi connectivity index (χ1) is 9.58. The maximum Gasteiger partial charge on any atom is 0.223 e. The fourth-order valence-corrected chi connectivity index (χ4v) is 1.71. The van der Waals surface area contributed by atoms with E-state index in [1.54, 1.807) is 12.1 Å². The summed E-state index contributed by atoms with van der Waals surface area (Å²) in [6, 6.07) is 6.13. The molecule has 0 aliphatic carbocycles. The van der Waals surface area contributed by atoms with Gasteiger partial charge < -0.3 is 16.4 Å². The standard InChI is InChI=1S/C13H15ClFN5/c1-2-5-17-11-7-12(20-13(16)19-11)18-8-3-4-9(14)10(15)6-8/h3-4,6-7H,2,5H2,1H3,(H4,16,17,18,19,20). The van der Waals surface area contributed by atoms with Gasteiger partial charge in [0.25, 0.3) is 0 Å². The van der Waals surface area contributed by atoms with Crippen molar-refractivity contribution in [3.63, 3.8) is 0 Å². The summed E-state index contributed by atoms with van der Waals surface area (Å²) in [4.78, 5) is 8.11. The van der Waals surface area contributed by atoms with Crippen LogP contribution in [0.25, 0.3) is 0 Å². The number of hydrogen-bond acceptors (Lipinski definition) is 5. The lowest BCUT2D eigenvalue weighted by molar-refractivity contribution is 0.629. The number of aromatic nitrogens is 2. The third-order valence-corrected chi connectivity index (χ3v) is 2.80. The van der Waals surface area contributed by atoms with Gasteiger partial charge in [0.05, 0.1) is 5.02 Å². The van der Waals surface area contributed by atoms with Gasteiger partial charge in [-0.3, -0.25) is 0 Å². The van der Waals surface area contributed by atoms with Gasteiger partial charge in [-0.2, -0.15) is 9.97 Å². The van der Waals surface area contributed by atoms with Gasteiger partial charge >= 0.3 is 0 Å². The van der Waals surface area contributed by atoms with Crippen molar-refractivity contribution in [1.82, 2.24) is 9.97 Å². The quantitative estimate of drug-likeness (QED) is 0.788. The summed E-state index contributed by atoms with van der Waals surface area (Å²) in [5.74, 6) is 0.750. The monoisotopic (exact) mass is 295 g/mol. The van der Waals surface area contributed by atoms with Gasteiger partial charge in [-0.25, -0.2) is 4.39 Å². The van der Waals surface area contributed by atoms with Gasteiger partial charge in [0.1, 0.15) is 17.5 Å². The zero-order valence-electron chi connectivity index (χ0n) is 11.0. The van der Waals surface area contributed by atoms with Crippen LogP contribution in [0.15, 0.2) is 24.3 Å². The van der Waals surface area contributed by atoms with Gasteiger partial charge in [-0.1, -0.05) is 18.5 Å². The van der Waals surface area contributed by atoms with Crippen LogP contribution in [0.1, 0.15) is 13.3 Å². The molecule has 0 unspecified atom stereocenters. The Balaban J connectivity index is 2.19. The smallest absolute Gasteiger partial charge is 0.223 e. The summed E-state index contributed by atoms with van der Waals surface area (Å²) in [5, 5.41) is 6.15. The number of nitrogen functional groups attached to an aromatic ring is 1. The van der Waals surface area contributed by atoms with Gasteiger partial charge in [0.2, 0.25) is 5.95 Å². The molecule has 0 atom stereocenters. The molecule has 0 aliphatic rings. The molecule has 1 heterocycles. The van der Waals surface area contributed by atoms with E-state index in [0.29, 0.717) is 17.3 Å². The zero-order valence-corrected chi connectivity index (χ0v) is 11.7. The van der Waals surface area contributed by atoms with E-state index in [1.165, 1.54) is 12.1 Å². The average Bonchev–Trinajstić information content (AvgIpc) is 2.40. The second kappa shape index (κ2) is 6.38. The number of anilines is 4. The fraction of sp³-hybridized carbons (Fsp3) is 0.231. The maximum atomic E-state index is 13.4. The number of nitrogens with one attached hydrogen (secondary N) is 2. The summed E-state index contributed by atoms with van der Waals surface area (Å²) in [5.41, 5.74) is 6.18. The SMILES string of the molecule is CCCNc1cc(Nc2ccc(Cl)c(F)c2)nc(N)n1. The van der Waals surface area contributed by atoms with E-state index in [-0.39, 0.29) is 11.0 Å². The van der Waals surface area contributed by atoms with Crippen molar-refractivity contribution in [3.8, 4) is 0 Å². The molecule has 1 aromatic carbocycles. The van der Waals surface area contributed by atoms with E-state index >= 15 is 0 Å². The molecule has 0 saturated carbocycles. The van der Waals surface area contributed by atoms with Crippen molar-refractivity contribution in [2.45, 2.75) is 13.3 Å². The molecule has 0 fully saturated rings. The Bertz CT molecular complexity index is 605. The van der Waals surface area contributed by atoms with Crippen LogP contribution in [-0.4, -0.2) is 16.5 Å². The van der Waals surface area contributed by atoms with Crippen LogP contribution >= 0.6 is 11.6 Å². The summed E-state index contributed by atoms with van der Waals surface area (Å²) in [6.45, 7) is 2.83. The van der Waals surface area contributed by atoms with E-state index < -0.39 is 5.82 Å². The van der Waals surface area contributed by atoms with Crippen LogP contribution in [0.3, 0.4) is 0 Å². The molecule has 0 radical (unpaired) electrons. The molecule has 0 spiro atoms. The molecule has 2 aromatic rings. The van der Waals surface area contributed by atoms with E-state index in [1.807, 2.05) is 6.92 Å². The Labute approximate surface area is 121 Å². The minimum atomic E-state index is -0.497. The van der Waals surface area contributed by atoms with Crippen molar-refractivity contribution in [2.24, 2.45) is 0 Å². The molecular formula is C13H15ClFN5. The Morgan fingerprint density at radius 2 is 2.00 bits per heavy atom. The van der Waals surface area contributed by atoms with Crippen LogP contribution < -0.4 is 16.4 Å². The summed E-state index contributed by atoms with van der Waals surface area (Å²) >= 11 is 5.63. The predicted molar refractivity (Wildman–Crippen MR) is 79.9 cm³/mol. The van der Waals surface area contributed by atoms with Gasteiger partial charge in [-0.15, -0.1) is 0 Å². The first-order valence-electron chi connectivity index (χ1n) is 6.19. The normalized spacial score (nSPS) is 10.3. The Morgan fingerprint density at radius 3 is 2.70 bits per heavy atom. The molecule has 0 saturated heterocycles. The largest absolute Gasteiger partial charge is 0.370 e. The average molecular weight is 296 g/mol. The Hall–Kier alpha value is -2.08. The Morgan fingerprint density at radius 1 is 1.25 bits per heavy atom. The molecule has 106 valence electrons. The highest BCUT2D eigenvalue weighted by atomic mass is 35.5. The summed E-state index contributed by atoms with van der Waals surface area (Å²) in [6.07, 6.45) is 0.967. The van der Waals surface area contributed by atoms with Crippen molar-refractivity contribution >= 4 is 34.9 Å². The predicted octanol–water partition coefficient (Wildman–Crippen LogP) is 3.42. The van der Waals surface area contributed by atoms with Gasteiger partial charge in [0.15, 0.2) is 0 Å². The minimum absolute atomic E-state index is 0.0723. The number of nitrogens with zero attached hydrogens (tertiary/aromatic N) is 2. The van der Waals surface area contributed by atoms with Crippen LogP contribution in [0.2, 0.25) is 5.02 Å². The maximum absolute atomic E-state index is 13.4. The first-order valence-corrected chi connectivity index (χ1v) is 6.57. The van der Waals surface area contributed by atoms with Crippen LogP contribution in [0, 0.1) is 5.82 Å². The van der Waals surface area contributed by atoms with Crippen LogP contribution in [0.5, 0.6) is 0 Å². The highest BCUT2D eigenvalue weighted by Crippen LogP contribution is 2.22. The van der Waals surface area contributed by atoms with E-state index in [4.69, 9.17) is 17.3 Å². The molecule has 1 aromatic heterocycles. The molecular weight excluding hydrogens is 281 g/mol. The zero-order chi connectivity index (χ0) is 14.5. The summed E-state index contributed by atoms with van der Waals surface area (Å²) < 4.78 is 13.4. The molecule has 2 rings (SSSR count). The molecule has 5 nitrogen and oxygen atoms in total. The third kappa shape index (κ3) is 3.71. The first kappa shape index (κ1) is 14.3. The molecule has 7 heteroatoms. The highest BCUT2D eigenvalue weighted by molar-refractivity contribution is 6.30.